The van der Waals surface area contributed by atoms with E-state index in [1.807, 2.05) is 18.3 Å². The molecule has 2 fully saturated rings. The van der Waals surface area contributed by atoms with Gasteiger partial charge in [0.15, 0.2) is 0 Å². The third-order valence-electron chi connectivity index (χ3n) is 6.33. The molecule has 3 N–H and O–H groups in total. The number of nitrogens with one attached hydrogen (secondary N) is 2. The summed E-state index contributed by atoms with van der Waals surface area (Å²) >= 11 is 6.45. The number of hydrogen-bond donors (Lipinski definition) is 3. The number of rotatable bonds is 5. The van der Waals surface area contributed by atoms with Crippen molar-refractivity contribution in [3.63, 3.8) is 0 Å². The quantitative estimate of drug-likeness (QED) is 0.690. The molecule has 1 aliphatic heterocycles. The van der Waals surface area contributed by atoms with Crippen LogP contribution in [-0.2, 0) is 6.54 Å². The van der Waals surface area contributed by atoms with Crippen molar-refractivity contribution in [1.82, 2.24) is 15.2 Å². The number of hydrogen-bond acceptors (Lipinski definition) is 3. The van der Waals surface area contributed by atoms with Crippen LogP contribution in [-0.4, -0.2) is 46.5 Å². The van der Waals surface area contributed by atoms with E-state index < -0.39 is 11.3 Å². The number of amides is 1. The molecule has 4 rings (SSSR count). The molecule has 0 spiro atoms. The standard InChI is InChI=1S/C22H29ClFN3O2/c1-21(24)7-3-8-22(29,13-21)14-26-20(28)16-12-27(11-15-6-9-25-10-15)18-5-2-4-17(23)19(16)18/h2,4-5,12,15,25,29H,3,6-11,13-14H2,1H3,(H,26,28). The number of aliphatic hydroxyl groups is 1. The smallest absolute Gasteiger partial charge is 0.253 e. The van der Waals surface area contributed by atoms with E-state index in [0.29, 0.717) is 35.8 Å². The van der Waals surface area contributed by atoms with Gasteiger partial charge in [0, 0.05) is 31.1 Å². The van der Waals surface area contributed by atoms with Gasteiger partial charge in [-0.15, -0.1) is 0 Å². The van der Waals surface area contributed by atoms with Crippen molar-refractivity contribution in [1.29, 1.82) is 0 Å². The normalized spacial score (nSPS) is 30.0. The van der Waals surface area contributed by atoms with E-state index in [0.717, 1.165) is 37.0 Å². The van der Waals surface area contributed by atoms with E-state index in [4.69, 9.17) is 11.6 Å². The van der Waals surface area contributed by atoms with Gasteiger partial charge in [0.2, 0.25) is 0 Å². The molecule has 2 aliphatic rings. The average Bonchev–Trinajstić information content (AvgIpc) is 3.28. The van der Waals surface area contributed by atoms with Crippen LogP contribution in [0.15, 0.2) is 24.4 Å². The number of aromatic nitrogens is 1. The van der Waals surface area contributed by atoms with Crippen LogP contribution >= 0.6 is 11.6 Å². The number of halogens is 2. The molecule has 3 unspecified atom stereocenters. The number of fused-ring (bicyclic) bond motifs is 1. The first kappa shape index (κ1) is 20.6. The van der Waals surface area contributed by atoms with Gasteiger partial charge < -0.3 is 20.3 Å². The Bertz CT molecular complexity index is 907. The molecule has 2 aromatic rings. The molecule has 0 radical (unpaired) electrons. The van der Waals surface area contributed by atoms with Gasteiger partial charge >= 0.3 is 0 Å². The van der Waals surface area contributed by atoms with Crippen molar-refractivity contribution in [3.05, 3.63) is 35.0 Å². The summed E-state index contributed by atoms with van der Waals surface area (Å²) in [6.45, 7) is 4.36. The fourth-order valence-electron chi connectivity index (χ4n) is 4.92. The third kappa shape index (κ3) is 4.44. The highest BCUT2D eigenvalue weighted by Crippen LogP contribution is 2.37. The van der Waals surface area contributed by atoms with Crippen molar-refractivity contribution in [2.75, 3.05) is 19.6 Å². The zero-order valence-electron chi connectivity index (χ0n) is 16.8. The van der Waals surface area contributed by atoms with Crippen LogP contribution in [0.5, 0.6) is 0 Å². The van der Waals surface area contributed by atoms with Gasteiger partial charge in [-0.1, -0.05) is 17.7 Å². The number of carbonyl (C=O) groups is 1. The molecular formula is C22H29ClFN3O2. The van der Waals surface area contributed by atoms with Crippen LogP contribution in [0.4, 0.5) is 4.39 Å². The topological polar surface area (TPSA) is 66.3 Å². The second-order valence-corrected chi connectivity index (χ2v) is 9.45. The summed E-state index contributed by atoms with van der Waals surface area (Å²) in [5, 5.41) is 18.2. The fraction of sp³-hybridized carbons (Fsp3) is 0.591. The molecule has 1 aliphatic carbocycles. The van der Waals surface area contributed by atoms with Gasteiger partial charge in [-0.3, -0.25) is 4.79 Å². The third-order valence-corrected chi connectivity index (χ3v) is 6.65. The van der Waals surface area contributed by atoms with Crippen LogP contribution in [0, 0.1) is 5.92 Å². The first-order chi connectivity index (χ1) is 13.8. The van der Waals surface area contributed by atoms with Crippen molar-refractivity contribution < 1.29 is 14.3 Å². The highest BCUT2D eigenvalue weighted by atomic mass is 35.5. The summed E-state index contributed by atoms with van der Waals surface area (Å²) in [7, 11) is 0. The first-order valence-electron chi connectivity index (χ1n) is 10.4. The predicted molar refractivity (Wildman–Crippen MR) is 113 cm³/mol. The summed E-state index contributed by atoms with van der Waals surface area (Å²) < 4.78 is 16.5. The fourth-order valence-corrected chi connectivity index (χ4v) is 5.19. The van der Waals surface area contributed by atoms with Crippen LogP contribution in [0.3, 0.4) is 0 Å². The minimum absolute atomic E-state index is 0.0367. The molecule has 1 saturated heterocycles. The van der Waals surface area contributed by atoms with Crippen molar-refractivity contribution in [2.45, 2.75) is 56.8 Å². The van der Waals surface area contributed by atoms with Gasteiger partial charge in [-0.2, -0.15) is 0 Å². The lowest BCUT2D eigenvalue weighted by Gasteiger charge is -2.38. The maximum atomic E-state index is 14.4. The molecule has 1 saturated carbocycles. The molecular weight excluding hydrogens is 393 g/mol. The van der Waals surface area contributed by atoms with Crippen LogP contribution < -0.4 is 10.6 Å². The van der Waals surface area contributed by atoms with Gasteiger partial charge in [0.05, 0.1) is 21.7 Å². The molecule has 3 atom stereocenters. The maximum Gasteiger partial charge on any atom is 0.253 e. The van der Waals surface area contributed by atoms with E-state index in [1.54, 1.807) is 6.07 Å². The summed E-state index contributed by atoms with van der Waals surface area (Å²) in [6.07, 6.45) is 4.55. The van der Waals surface area contributed by atoms with E-state index in [2.05, 4.69) is 15.2 Å². The minimum atomic E-state index is -1.40. The lowest BCUT2D eigenvalue weighted by atomic mass is 9.77. The Morgan fingerprint density at radius 2 is 2.28 bits per heavy atom. The second kappa shape index (κ2) is 7.89. The molecule has 158 valence electrons. The summed E-state index contributed by atoms with van der Waals surface area (Å²) in [6, 6.07) is 5.65. The Labute approximate surface area is 175 Å². The molecule has 7 heteroatoms. The lowest BCUT2D eigenvalue weighted by molar-refractivity contribution is -0.0533. The van der Waals surface area contributed by atoms with E-state index in [9.17, 15) is 14.3 Å². The summed E-state index contributed by atoms with van der Waals surface area (Å²) in [5.41, 5.74) is -1.18. The Kier molecular flexibility index (Phi) is 5.62. The van der Waals surface area contributed by atoms with Crippen LogP contribution in [0.25, 0.3) is 10.9 Å². The average molecular weight is 422 g/mol. The van der Waals surface area contributed by atoms with Gasteiger partial charge in [0.25, 0.3) is 5.91 Å². The molecule has 1 amide bonds. The SMILES string of the molecule is CC1(F)CCCC(O)(CNC(=O)c2cn(CC3CCNC3)c3cccc(Cl)c23)C1. The van der Waals surface area contributed by atoms with Crippen LogP contribution in [0.1, 0.15) is 49.4 Å². The number of nitrogens with zero attached hydrogens (tertiary/aromatic N) is 1. The van der Waals surface area contributed by atoms with Crippen molar-refractivity contribution in [3.8, 4) is 0 Å². The molecule has 2 heterocycles. The molecule has 5 nitrogen and oxygen atoms in total. The Balaban J connectivity index is 1.55. The van der Waals surface area contributed by atoms with Gasteiger partial charge in [-0.05, 0) is 63.7 Å². The highest BCUT2D eigenvalue weighted by molar-refractivity contribution is 6.36. The largest absolute Gasteiger partial charge is 0.388 e. The zero-order chi connectivity index (χ0) is 20.6. The first-order valence-corrected chi connectivity index (χ1v) is 10.8. The summed E-state index contributed by atoms with van der Waals surface area (Å²) in [5.74, 6) is 0.233. The van der Waals surface area contributed by atoms with Gasteiger partial charge in [0.1, 0.15) is 5.67 Å². The number of alkyl halides is 1. The summed E-state index contributed by atoms with van der Waals surface area (Å²) in [4.78, 5) is 13.0. The predicted octanol–water partition coefficient (Wildman–Crippen LogP) is 3.67. The Morgan fingerprint density at radius 3 is 3.00 bits per heavy atom. The molecule has 29 heavy (non-hydrogen) atoms. The molecule has 1 aromatic carbocycles. The Hall–Kier alpha value is -1.63. The molecule has 0 bridgehead atoms. The lowest BCUT2D eigenvalue weighted by Crippen LogP contribution is -2.49. The van der Waals surface area contributed by atoms with Crippen molar-refractivity contribution in [2.24, 2.45) is 5.92 Å². The van der Waals surface area contributed by atoms with Gasteiger partial charge in [-0.25, -0.2) is 4.39 Å². The Morgan fingerprint density at radius 1 is 1.45 bits per heavy atom. The van der Waals surface area contributed by atoms with E-state index >= 15 is 0 Å². The monoisotopic (exact) mass is 421 g/mol. The number of carbonyl (C=O) groups excluding carboxylic acids is 1. The van der Waals surface area contributed by atoms with E-state index in [1.165, 1.54) is 6.92 Å². The minimum Gasteiger partial charge on any atom is -0.388 e. The number of benzene rings is 1. The maximum absolute atomic E-state index is 14.4. The van der Waals surface area contributed by atoms with E-state index in [-0.39, 0.29) is 18.9 Å². The highest BCUT2D eigenvalue weighted by Gasteiger charge is 2.41. The van der Waals surface area contributed by atoms with Crippen LogP contribution in [0.2, 0.25) is 5.02 Å². The van der Waals surface area contributed by atoms with Crippen molar-refractivity contribution >= 4 is 28.4 Å². The molecule has 1 aromatic heterocycles. The second-order valence-electron chi connectivity index (χ2n) is 9.04. The zero-order valence-corrected chi connectivity index (χ0v) is 17.6.